The summed E-state index contributed by atoms with van der Waals surface area (Å²) in [6.07, 6.45) is 1.31. The normalized spacial score (nSPS) is 10.8. The molecule has 24 heavy (non-hydrogen) atoms. The van der Waals surface area contributed by atoms with Gasteiger partial charge in [0.25, 0.3) is 0 Å². The van der Waals surface area contributed by atoms with Crippen molar-refractivity contribution in [2.45, 2.75) is 20.8 Å². The molecule has 0 saturated carbocycles. The van der Waals surface area contributed by atoms with Crippen LogP contribution >= 0.6 is 0 Å². The highest BCUT2D eigenvalue weighted by molar-refractivity contribution is 5.84. The van der Waals surface area contributed by atoms with Crippen LogP contribution in [0.2, 0.25) is 0 Å². The minimum atomic E-state index is 0.347. The molecule has 0 unspecified atom stereocenters. The van der Waals surface area contributed by atoms with E-state index < -0.39 is 0 Å². The minimum absolute atomic E-state index is 0.347. The number of ether oxygens (including phenoxy) is 3. The lowest BCUT2D eigenvalue weighted by Gasteiger charge is -2.16. The molecule has 5 nitrogen and oxygen atoms in total. The number of hydrogen-bond acceptors (Lipinski definition) is 5. The van der Waals surface area contributed by atoms with Gasteiger partial charge < -0.3 is 19.4 Å². The van der Waals surface area contributed by atoms with Gasteiger partial charge in [-0.05, 0) is 49.6 Å². The molecule has 1 N–H and O–H groups in total. The topological polar surface area (TPSA) is 60.3 Å². The van der Waals surface area contributed by atoms with E-state index in [1.807, 2.05) is 6.92 Å². The number of para-hydroxylation sites is 1. The van der Waals surface area contributed by atoms with Crippen molar-refractivity contribution in [3.63, 3.8) is 0 Å². The summed E-state index contributed by atoms with van der Waals surface area (Å²) >= 11 is 0. The fourth-order valence-electron chi connectivity index (χ4n) is 2.45. The van der Waals surface area contributed by atoms with Crippen LogP contribution in [0.4, 0.5) is 0 Å². The van der Waals surface area contributed by atoms with Crippen LogP contribution in [-0.2, 0) is 0 Å². The highest BCUT2D eigenvalue weighted by atomic mass is 16.5. The fraction of sp³-hybridized carbons (Fsp3) is 0.316. The molecule has 5 heteroatoms. The van der Waals surface area contributed by atoms with Gasteiger partial charge in [0, 0.05) is 5.56 Å². The van der Waals surface area contributed by atoms with Crippen molar-refractivity contribution in [1.29, 1.82) is 0 Å². The Balaban J connectivity index is 2.04. The Morgan fingerprint density at radius 1 is 0.958 bits per heavy atom. The van der Waals surface area contributed by atoms with E-state index in [2.05, 4.69) is 31.1 Å². The Labute approximate surface area is 142 Å². The SMILES string of the molecule is COc1cccc(C=NO)c1OCCOc1c(C)ccc(C)c1C. The molecule has 0 amide bonds. The maximum Gasteiger partial charge on any atom is 0.170 e. The van der Waals surface area contributed by atoms with Gasteiger partial charge in [-0.15, -0.1) is 0 Å². The molecule has 2 aromatic rings. The molecule has 0 aromatic heterocycles. The molecule has 0 aliphatic heterocycles. The second-order valence-electron chi connectivity index (χ2n) is 5.47. The minimum Gasteiger partial charge on any atom is -0.493 e. The third kappa shape index (κ3) is 3.98. The summed E-state index contributed by atoms with van der Waals surface area (Å²) in [6, 6.07) is 9.52. The fourth-order valence-corrected chi connectivity index (χ4v) is 2.45. The predicted molar refractivity (Wildman–Crippen MR) is 94.0 cm³/mol. The Kier molecular flexibility index (Phi) is 6.07. The zero-order valence-electron chi connectivity index (χ0n) is 14.5. The first-order valence-electron chi connectivity index (χ1n) is 7.75. The summed E-state index contributed by atoms with van der Waals surface area (Å²) < 4.78 is 17.0. The zero-order chi connectivity index (χ0) is 17.5. The van der Waals surface area contributed by atoms with Crippen LogP contribution in [0.3, 0.4) is 0 Å². The Hall–Kier alpha value is -2.69. The summed E-state index contributed by atoms with van der Waals surface area (Å²) in [6.45, 7) is 6.89. The van der Waals surface area contributed by atoms with Crippen molar-refractivity contribution in [2.75, 3.05) is 20.3 Å². The lowest BCUT2D eigenvalue weighted by molar-refractivity contribution is 0.209. The molecule has 2 aromatic carbocycles. The van der Waals surface area contributed by atoms with E-state index in [1.54, 1.807) is 25.3 Å². The van der Waals surface area contributed by atoms with E-state index in [-0.39, 0.29) is 0 Å². The molecule has 0 aliphatic rings. The summed E-state index contributed by atoms with van der Waals surface area (Å²) in [7, 11) is 1.57. The van der Waals surface area contributed by atoms with Gasteiger partial charge in [-0.1, -0.05) is 23.4 Å². The number of aryl methyl sites for hydroxylation is 2. The monoisotopic (exact) mass is 329 g/mol. The highest BCUT2D eigenvalue weighted by Gasteiger charge is 2.10. The van der Waals surface area contributed by atoms with E-state index in [0.29, 0.717) is 30.3 Å². The van der Waals surface area contributed by atoms with Gasteiger partial charge in [0.2, 0.25) is 0 Å². The average molecular weight is 329 g/mol. The molecule has 2 rings (SSSR count). The van der Waals surface area contributed by atoms with Crippen molar-refractivity contribution in [1.82, 2.24) is 0 Å². The first kappa shape index (κ1) is 17.7. The highest BCUT2D eigenvalue weighted by Crippen LogP contribution is 2.30. The van der Waals surface area contributed by atoms with Crippen molar-refractivity contribution in [2.24, 2.45) is 5.16 Å². The summed E-state index contributed by atoms with van der Waals surface area (Å²) in [4.78, 5) is 0. The summed E-state index contributed by atoms with van der Waals surface area (Å²) in [5.74, 6) is 2.00. The standard InChI is InChI=1S/C19H23NO4/c1-13-8-9-14(2)18(15(13)3)23-10-11-24-19-16(12-20-21)6-5-7-17(19)22-4/h5-9,12,21H,10-11H2,1-4H3. The first-order chi connectivity index (χ1) is 11.6. The van der Waals surface area contributed by atoms with Crippen LogP contribution in [0, 0.1) is 20.8 Å². The van der Waals surface area contributed by atoms with Crippen molar-refractivity contribution >= 4 is 6.21 Å². The molecule has 0 fully saturated rings. The van der Waals surface area contributed by atoms with Gasteiger partial charge in [-0.3, -0.25) is 0 Å². The molecule has 0 bridgehead atoms. The maximum absolute atomic E-state index is 8.76. The molecular formula is C19H23NO4. The van der Waals surface area contributed by atoms with Gasteiger partial charge >= 0.3 is 0 Å². The van der Waals surface area contributed by atoms with E-state index in [4.69, 9.17) is 19.4 Å². The number of rotatable bonds is 7. The molecule has 0 atom stereocenters. The van der Waals surface area contributed by atoms with Crippen LogP contribution in [0.15, 0.2) is 35.5 Å². The van der Waals surface area contributed by atoms with Gasteiger partial charge in [0.15, 0.2) is 11.5 Å². The van der Waals surface area contributed by atoms with Crippen LogP contribution in [0.5, 0.6) is 17.2 Å². The second-order valence-corrected chi connectivity index (χ2v) is 5.47. The van der Waals surface area contributed by atoms with Crippen LogP contribution in [0.1, 0.15) is 22.3 Å². The quantitative estimate of drug-likeness (QED) is 0.362. The van der Waals surface area contributed by atoms with Crippen molar-refractivity contribution in [3.05, 3.63) is 52.6 Å². The van der Waals surface area contributed by atoms with Gasteiger partial charge in [-0.25, -0.2) is 0 Å². The van der Waals surface area contributed by atoms with Gasteiger partial charge in [0.05, 0.1) is 13.3 Å². The van der Waals surface area contributed by atoms with E-state index in [1.165, 1.54) is 11.8 Å². The Morgan fingerprint density at radius 3 is 2.29 bits per heavy atom. The lowest BCUT2D eigenvalue weighted by Crippen LogP contribution is -2.12. The van der Waals surface area contributed by atoms with Crippen LogP contribution in [-0.4, -0.2) is 31.7 Å². The molecule has 0 radical (unpaired) electrons. The second kappa shape index (κ2) is 8.24. The largest absolute Gasteiger partial charge is 0.493 e. The van der Waals surface area contributed by atoms with E-state index >= 15 is 0 Å². The summed E-state index contributed by atoms with van der Waals surface area (Å²) in [5, 5.41) is 11.8. The molecule has 0 aliphatic carbocycles. The zero-order valence-corrected chi connectivity index (χ0v) is 14.5. The smallest absolute Gasteiger partial charge is 0.170 e. The number of benzene rings is 2. The van der Waals surface area contributed by atoms with Crippen LogP contribution in [0.25, 0.3) is 0 Å². The maximum atomic E-state index is 8.76. The average Bonchev–Trinajstić information content (AvgIpc) is 2.58. The molecule has 0 heterocycles. The van der Waals surface area contributed by atoms with Gasteiger partial charge in [-0.2, -0.15) is 0 Å². The van der Waals surface area contributed by atoms with Crippen LogP contribution < -0.4 is 14.2 Å². The number of oxime groups is 1. The first-order valence-corrected chi connectivity index (χ1v) is 7.75. The molecule has 0 spiro atoms. The number of hydrogen-bond donors (Lipinski definition) is 1. The molecule has 0 saturated heterocycles. The van der Waals surface area contributed by atoms with Crippen molar-refractivity contribution in [3.8, 4) is 17.2 Å². The Bertz CT molecular complexity index is 726. The number of nitrogens with zero attached hydrogens (tertiary/aromatic N) is 1. The molecular weight excluding hydrogens is 306 g/mol. The Morgan fingerprint density at radius 2 is 1.62 bits per heavy atom. The predicted octanol–water partition coefficient (Wildman–Crippen LogP) is 3.89. The van der Waals surface area contributed by atoms with E-state index in [0.717, 1.165) is 16.9 Å². The lowest BCUT2D eigenvalue weighted by atomic mass is 10.1. The number of methoxy groups -OCH3 is 1. The third-order valence-electron chi connectivity index (χ3n) is 3.88. The van der Waals surface area contributed by atoms with E-state index in [9.17, 15) is 0 Å². The van der Waals surface area contributed by atoms with Gasteiger partial charge in [0.1, 0.15) is 19.0 Å². The third-order valence-corrected chi connectivity index (χ3v) is 3.88. The van der Waals surface area contributed by atoms with Crippen molar-refractivity contribution < 1.29 is 19.4 Å². The summed E-state index contributed by atoms with van der Waals surface area (Å²) in [5.41, 5.74) is 4.08. The molecule has 128 valence electrons.